The van der Waals surface area contributed by atoms with E-state index in [0.717, 1.165) is 12.7 Å². The van der Waals surface area contributed by atoms with Crippen molar-refractivity contribution in [3.05, 3.63) is 0 Å². The van der Waals surface area contributed by atoms with Crippen LogP contribution >= 0.6 is 0 Å². The van der Waals surface area contributed by atoms with E-state index in [1.807, 2.05) is 6.92 Å². The minimum atomic E-state index is 0.248. The molecule has 0 aliphatic carbocycles. The Hall–Kier alpha value is -0.330. The van der Waals surface area contributed by atoms with Crippen LogP contribution < -0.4 is 0 Å². The molecule has 1 unspecified atom stereocenters. The van der Waals surface area contributed by atoms with Crippen molar-refractivity contribution in [2.24, 2.45) is 11.3 Å². The molecule has 0 spiro atoms. The SMILES string of the molecule is CC(C=O)CCCC(C)(C)C. The molecule has 0 rings (SSSR count). The zero-order valence-electron chi connectivity index (χ0n) is 8.18. The van der Waals surface area contributed by atoms with Gasteiger partial charge in [-0.3, -0.25) is 0 Å². The van der Waals surface area contributed by atoms with Crippen molar-refractivity contribution < 1.29 is 4.79 Å². The molecule has 0 aliphatic heterocycles. The standard InChI is InChI=1S/C10H20O/c1-9(8-11)6-5-7-10(2,3)4/h8-9H,5-7H2,1-4H3. The molecule has 0 saturated carbocycles. The predicted octanol–water partition coefficient (Wildman–Crippen LogP) is 3.04. The topological polar surface area (TPSA) is 17.1 Å². The van der Waals surface area contributed by atoms with Crippen LogP contribution in [0.2, 0.25) is 0 Å². The average Bonchev–Trinajstić information content (AvgIpc) is 1.85. The molecular formula is C10H20O. The molecular weight excluding hydrogens is 136 g/mol. The molecule has 0 bridgehead atoms. The maximum atomic E-state index is 10.3. The van der Waals surface area contributed by atoms with Gasteiger partial charge in [-0.1, -0.05) is 34.1 Å². The third-order valence-corrected chi connectivity index (χ3v) is 1.82. The van der Waals surface area contributed by atoms with E-state index >= 15 is 0 Å². The second-order valence-electron chi connectivity index (χ2n) is 4.57. The molecule has 0 aromatic heterocycles. The molecule has 1 nitrogen and oxygen atoms in total. The Morgan fingerprint density at radius 1 is 1.36 bits per heavy atom. The predicted molar refractivity (Wildman–Crippen MR) is 48.5 cm³/mol. The van der Waals surface area contributed by atoms with Gasteiger partial charge in [0.2, 0.25) is 0 Å². The van der Waals surface area contributed by atoms with E-state index in [0.29, 0.717) is 5.41 Å². The van der Waals surface area contributed by atoms with Gasteiger partial charge < -0.3 is 4.79 Å². The second kappa shape index (κ2) is 4.53. The fraction of sp³-hybridized carbons (Fsp3) is 0.900. The van der Waals surface area contributed by atoms with E-state index in [1.54, 1.807) is 0 Å². The first kappa shape index (κ1) is 10.7. The fourth-order valence-electron chi connectivity index (χ4n) is 1.02. The van der Waals surface area contributed by atoms with Crippen LogP contribution in [0.1, 0.15) is 47.0 Å². The van der Waals surface area contributed by atoms with Crippen molar-refractivity contribution >= 4 is 6.29 Å². The summed E-state index contributed by atoms with van der Waals surface area (Å²) in [4.78, 5) is 10.3. The fourth-order valence-corrected chi connectivity index (χ4v) is 1.02. The number of carbonyl (C=O) groups is 1. The summed E-state index contributed by atoms with van der Waals surface area (Å²) in [6.07, 6.45) is 4.47. The molecule has 1 atom stereocenters. The highest BCUT2D eigenvalue weighted by Crippen LogP contribution is 2.22. The minimum absolute atomic E-state index is 0.248. The summed E-state index contributed by atoms with van der Waals surface area (Å²) < 4.78 is 0. The smallest absolute Gasteiger partial charge is 0.122 e. The van der Waals surface area contributed by atoms with Gasteiger partial charge in [-0.05, 0) is 18.3 Å². The maximum absolute atomic E-state index is 10.3. The molecule has 0 aromatic carbocycles. The summed E-state index contributed by atoms with van der Waals surface area (Å²) in [5.74, 6) is 0.248. The first-order valence-electron chi connectivity index (χ1n) is 4.41. The quantitative estimate of drug-likeness (QED) is 0.572. The number of hydrogen-bond acceptors (Lipinski definition) is 1. The Bertz CT molecular complexity index is 111. The molecule has 66 valence electrons. The number of hydrogen-bond donors (Lipinski definition) is 0. The van der Waals surface area contributed by atoms with E-state index in [2.05, 4.69) is 20.8 Å². The summed E-state index contributed by atoms with van der Waals surface area (Å²) >= 11 is 0. The Kier molecular flexibility index (Phi) is 4.39. The van der Waals surface area contributed by atoms with Crippen molar-refractivity contribution in [2.45, 2.75) is 47.0 Å². The largest absolute Gasteiger partial charge is 0.303 e. The first-order valence-corrected chi connectivity index (χ1v) is 4.41. The number of rotatable bonds is 4. The van der Waals surface area contributed by atoms with Gasteiger partial charge in [-0.25, -0.2) is 0 Å². The Balaban J connectivity index is 3.35. The maximum Gasteiger partial charge on any atom is 0.122 e. The van der Waals surface area contributed by atoms with Gasteiger partial charge in [0.15, 0.2) is 0 Å². The van der Waals surface area contributed by atoms with E-state index in [4.69, 9.17) is 0 Å². The van der Waals surface area contributed by atoms with E-state index < -0.39 is 0 Å². The van der Waals surface area contributed by atoms with Crippen LogP contribution in [0.25, 0.3) is 0 Å². The molecule has 0 aliphatic rings. The van der Waals surface area contributed by atoms with Crippen LogP contribution in [0.5, 0.6) is 0 Å². The molecule has 1 heteroatoms. The number of aldehydes is 1. The summed E-state index contributed by atoms with van der Waals surface area (Å²) in [5, 5.41) is 0. The van der Waals surface area contributed by atoms with Crippen molar-refractivity contribution in [3.8, 4) is 0 Å². The lowest BCUT2D eigenvalue weighted by Crippen LogP contribution is -2.05. The van der Waals surface area contributed by atoms with Crippen molar-refractivity contribution in [3.63, 3.8) is 0 Å². The summed E-state index contributed by atoms with van der Waals surface area (Å²) in [5.41, 5.74) is 0.419. The zero-order chi connectivity index (χ0) is 8.91. The zero-order valence-corrected chi connectivity index (χ0v) is 8.18. The highest BCUT2D eigenvalue weighted by molar-refractivity contribution is 5.52. The van der Waals surface area contributed by atoms with Gasteiger partial charge in [0.05, 0.1) is 0 Å². The summed E-state index contributed by atoms with van der Waals surface area (Å²) in [7, 11) is 0. The van der Waals surface area contributed by atoms with Gasteiger partial charge in [0.1, 0.15) is 6.29 Å². The third kappa shape index (κ3) is 7.57. The van der Waals surface area contributed by atoms with Crippen molar-refractivity contribution in [2.75, 3.05) is 0 Å². The minimum Gasteiger partial charge on any atom is -0.303 e. The lowest BCUT2D eigenvalue weighted by Gasteiger charge is -2.17. The van der Waals surface area contributed by atoms with E-state index in [1.165, 1.54) is 12.8 Å². The van der Waals surface area contributed by atoms with Gasteiger partial charge in [0.25, 0.3) is 0 Å². The average molecular weight is 156 g/mol. The Morgan fingerprint density at radius 2 is 1.91 bits per heavy atom. The molecule has 0 saturated heterocycles. The summed E-state index contributed by atoms with van der Waals surface area (Å²) in [6, 6.07) is 0. The van der Waals surface area contributed by atoms with Crippen molar-refractivity contribution in [1.29, 1.82) is 0 Å². The molecule has 0 amide bonds. The second-order valence-corrected chi connectivity index (χ2v) is 4.57. The van der Waals surface area contributed by atoms with Crippen LogP contribution in [0.4, 0.5) is 0 Å². The molecule has 11 heavy (non-hydrogen) atoms. The van der Waals surface area contributed by atoms with Crippen molar-refractivity contribution in [1.82, 2.24) is 0 Å². The van der Waals surface area contributed by atoms with Gasteiger partial charge in [-0.2, -0.15) is 0 Å². The van der Waals surface area contributed by atoms with Crippen LogP contribution in [-0.4, -0.2) is 6.29 Å². The third-order valence-electron chi connectivity index (χ3n) is 1.82. The van der Waals surface area contributed by atoms with Crippen LogP contribution in [-0.2, 0) is 4.79 Å². The van der Waals surface area contributed by atoms with Gasteiger partial charge in [0, 0.05) is 5.92 Å². The molecule has 0 aromatic rings. The molecule has 0 radical (unpaired) electrons. The summed E-state index contributed by atoms with van der Waals surface area (Å²) in [6.45, 7) is 8.69. The first-order chi connectivity index (χ1) is 4.95. The highest BCUT2D eigenvalue weighted by Gasteiger charge is 2.10. The normalized spacial score (nSPS) is 14.5. The monoisotopic (exact) mass is 156 g/mol. The van der Waals surface area contributed by atoms with Gasteiger partial charge in [-0.15, -0.1) is 0 Å². The van der Waals surface area contributed by atoms with Crippen LogP contribution in [0, 0.1) is 11.3 Å². The van der Waals surface area contributed by atoms with Crippen LogP contribution in [0.3, 0.4) is 0 Å². The molecule has 0 heterocycles. The number of carbonyl (C=O) groups excluding carboxylic acids is 1. The Morgan fingerprint density at radius 3 is 2.27 bits per heavy atom. The van der Waals surface area contributed by atoms with Crippen LogP contribution in [0.15, 0.2) is 0 Å². The van der Waals surface area contributed by atoms with Gasteiger partial charge >= 0.3 is 0 Å². The molecule has 0 fully saturated rings. The Labute approximate surface area is 70.2 Å². The van der Waals surface area contributed by atoms with E-state index in [-0.39, 0.29) is 5.92 Å². The lowest BCUT2D eigenvalue weighted by atomic mass is 9.88. The highest BCUT2D eigenvalue weighted by atomic mass is 16.1. The van der Waals surface area contributed by atoms with E-state index in [9.17, 15) is 4.79 Å². The lowest BCUT2D eigenvalue weighted by molar-refractivity contribution is -0.110. The molecule has 0 N–H and O–H groups in total.